The molecule has 18 heavy (non-hydrogen) atoms. The van der Waals surface area contributed by atoms with Crippen molar-refractivity contribution in [2.24, 2.45) is 0 Å². The summed E-state index contributed by atoms with van der Waals surface area (Å²) in [5, 5.41) is 7.28. The Morgan fingerprint density at radius 2 is 1.39 bits per heavy atom. The highest BCUT2D eigenvalue weighted by Gasteiger charge is 2.14. The number of hydrogen-bond acceptors (Lipinski definition) is 6. The number of rotatable bonds is 5. The second kappa shape index (κ2) is 7.16. The smallest absolute Gasteiger partial charge is 0.340 e. The van der Waals surface area contributed by atoms with Crippen LogP contribution < -0.4 is 0 Å². The van der Waals surface area contributed by atoms with Crippen molar-refractivity contribution in [1.82, 2.24) is 0 Å². The Bertz CT molecular complexity index is 382. The number of hydrogen-bond donors (Lipinski definition) is 1. The molecule has 6 heteroatoms. The molecule has 0 aromatic heterocycles. The van der Waals surface area contributed by atoms with E-state index < -0.39 is 17.9 Å². The van der Waals surface area contributed by atoms with E-state index in [0.717, 1.165) is 0 Å². The van der Waals surface area contributed by atoms with Gasteiger partial charge in [-0.05, 0) is 13.8 Å². The fourth-order valence-electron chi connectivity index (χ4n) is 0.707. The maximum Gasteiger partial charge on any atom is 0.340 e. The summed E-state index contributed by atoms with van der Waals surface area (Å²) in [7, 11) is 0. The van der Waals surface area contributed by atoms with Crippen LogP contribution in [-0.2, 0) is 23.9 Å². The standard InChI is InChI=1S/C12H15NO5/c1-7(2)11(15)17-9(13)5-6-10(14)18-12(16)8(3)4/h13H,1,3,5-6H2,2,4H3. The number of carbonyl (C=O) groups excluding carboxylic acids is 3. The SMILES string of the molecule is C=C(C)C(=O)OC(=N)CCC(=O)OC(=O)C(=C)C. The third-order valence-corrected chi connectivity index (χ3v) is 1.68. The highest BCUT2D eigenvalue weighted by Crippen LogP contribution is 2.01. The second-order valence-corrected chi connectivity index (χ2v) is 3.63. The van der Waals surface area contributed by atoms with Crippen LogP contribution in [0.4, 0.5) is 0 Å². The molecular weight excluding hydrogens is 238 g/mol. The van der Waals surface area contributed by atoms with Crippen LogP contribution in [0.3, 0.4) is 0 Å². The zero-order valence-electron chi connectivity index (χ0n) is 10.4. The van der Waals surface area contributed by atoms with Gasteiger partial charge in [-0.25, -0.2) is 9.59 Å². The van der Waals surface area contributed by atoms with Crippen LogP contribution in [0.15, 0.2) is 24.3 Å². The molecule has 0 atom stereocenters. The van der Waals surface area contributed by atoms with Gasteiger partial charge in [0.1, 0.15) is 0 Å². The molecule has 0 amide bonds. The highest BCUT2D eigenvalue weighted by molar-refractivity contribution is 5.98. The van der Waals surface area contributed by atoms with Crippen LogP contribution in [0, 0.1) is 5.41 Å². The average Bonchev–Trinajstić information content (AvgIpc) is 2.25. The van der Waals surface area contributed by atoms with E-state index in [4.69, 9.17) is 5.41 Å². The number of carbonyl (C=O) groups is 3. The molecule has 6 nitrogen and oxygen atoms in total. The van der Waals surface area contributed by atoms with Crippen LogP contribution in [0.1, 0.15) is 26.7 Å². The minimum absolute atomic E-state index is 0.104. The fourth-order valence-corrected chi connectivity index (χ4v) is 0.707. The van der Waals surface area contributed by atoms with Crippen molar-refractivity contribution in [3.05, 3.63) is 24.3 Å². The predicted molar refractivity (Wildman–Crippen MR) is 63.8 cm³/mol. The Morgan fingerprint density at radius 1 is 0.944 bits per heavy atom. The summed E-state index contributed by atoms with van der Waals surface area (Å²) in [4.78, 5) is 33.1. The van der Waals surface area contributed by atoms with E-state index in [-0.39, 0.29) is 29.9 Å². The molecular formula is C12H15NO5. The third kappa shape index (κ3) is 6.37. The quantitative estimate of drug-likeness (QED) is 0.263. The van der Waals surface area contributed by atoms with Gasteiger partial charge in [0.05, 0.1) is 6.42 Å². The normalized spacial score (nSPS) is 9.22. The molecule has 0 aromatic carbocycles. The maximum atomic E-state index is 11.1. The molecule has 0 saturated heterocycles. The Hall–Kier alpha value is -2.24. The first kappa shape index (κ1) is 15.8. The van der Waals surface area contributed by atoms with Crippen molar-refractivity contribution in [2.45, 2.75) is 26.7 Å². The van der Waals surface area contributed by atoms with E-state index in [1.807, 2.05) is 0 Å². The molecule has 0 saturated carbocycles. The first-order chi connectivity index (χ1) is 8.23. The summed E-state index contributed by atoms with van der Waals surface area (Å²) in [6, 6.07) is 0. The average molecular weight is 253 g/mol. The summed E-state index contributed by atoms with van der Waals surface area (Å²) in [6.45, 7) is 9.51. The van der Waals surface area contributed by atoms with E-state index in [0.29, 0.717) is 0 Å². The number of esters is 3. The van der Waals surface area contributed by atoms with Gasteiger partial charge in [-0.1, -0.05) is 13.2 Å². The van der Waals surface area contributed by atoms with Crippen LogP contribution in [0.25, 0.3) is 0 Å². The molecule has 0 radical (unpaired) electrons. The topological polar surface area (TPSA) is 93.5 Å². The van der Waals surface area contributed by atoms with Crippen LogP contribution in [0.2, 0.25) is 0 Å². The van der Waals surface area contributed by atoms with Gasteiger partial charge in [-0.3, -0.25) is 10.2 Å². The van der Waals surface area contributed by atoms with Gasteiger partial charge in [0.2, 0.25) is 0 Å². The van der Waals surface area contributed by atoms with Crippen molar-refractivity contribution < 1.29 is 23.9 Å². The van der Waals surface area contributed by atoms with E-state index in [9.17, 15) is 14.4 Å². The second-order valence-electron chi connectivity index (χ2n) is 3.63. The van der Waals surface area contributed by atoms with E-state index in [2.05, 4.69) is 22.6 Å². The number of nitrogens with one attached hydrogen (secondary N) is 1. The largest absolute Gasteiger partial charge is 0.409 e. The molecule has 0 aliphatic heterocycles. The van der Waals surface area contributed by atoms with Crippen molar-refractivity contribution in [3.8, 4) is 0 Å². The maximum absolute atomic E-state index is 11.1. The van der Waals surface area contributed by atoms with Gasteiger partial charge in [0.15, 0.2) is 5.90 Å². The molecule has 0 bridgehead atoms. The Balaban J connectivity index is 4.03. The predicted octanol–water partition coefficient (Wildman–Crippen LogP) is 1.51. The van der Waals surface area contributed by atoms with Crippen LogP contribution in [0.5, 0.6) is 0 Å². The van der Waals surface area contributed by atoms with E-state index in [1.165, 1.54) is 13.8 Å². The highest BCUT2D eigenvalue weighted by atomic mass is 16.6. The molecule has 0 heterocycles. The first-order valence-corrected chi connectivity index (χ1v) is 5.09. The lowest BCUT2D eigenvalue weighted by molar-refractivity contribution is -0.156. The first-order valence-electron chi connectivity index (χ1n) is 5.09. The summed E-state index contributed by atoms with van der Waals surface area (Å²) >= 11 is 0. The number of ether oxygens (including phenoxy) is 2. The minimum atomic E-state index is -0.814. The lowest BCUT2D eigenvalue weighted by Gasteiger charge is -2.05. The summed E-state index contributed by atoms with van der Waals surface area (Å²) in [5.74, 6) is -2.74. The molecule has 0 spiro atoms. The van der Waals surface area contributed by atoms with Gasteiger partial charge in [-0.2, -0.15) is 0 Å². The van der Waals surface area contributed by atoms with Gasteiger partial charge in [0.25, 0.3) is 0 Å². The van der Waals surface area contributed by atoms with Crippen molar-refractivity contribution >= 4 is 23.8 Å². The molecule has 1 N–H and O–H groups in total. The Kier molecular flexibility index (Phi) is 6.27. The minimum Gasteiger partial charge on any atom is -0.409 e. The molecule has 0 aliphatic carbocycles. The van der Waals surface area contributed by atoms with Crippen molar-refractivity contribution in [1.29, 1.82) is 5.41 Å². The molecule has 0 aliphatic rings. The van der Waals surface area contributed by atoms with Gasteiger partial charge in [-0.15, -0.1) is 0 Å². The molecule has 0 fully saturated rings. The van der Waals surface area contributed by atoms with Gasteiger partial charge < -0.3 is 9.47 Å². The third-order valence-electron chi connectivity index (χ3n) is 1.68. The van der Waals surface area contributed by atoms with Gasteiger partial charge >= 0.3 is 17.9 Å². The summed E-state index contributed by atoms with van der Waals surface area (Å²) in [5.41, 5.74) is 0.256. The van der Waals surface area contributed by atoms with Gasteiger partial charge in [0, 0.05) is 17.6 Å². The summed E-state index contributed by atoms with van der Waals surface area (Å²) < 4.78 is 8.93. The summed E-state index contributed by atoms with van der Waals surface area (Å²) in [6.07, 6.45) is -0.372. The monoisotopic (exact) mass is 253 g/mol. The Labute approximate surface area is 105 Å². The molecule has 0 unspecified atom stereocenters. The lowest BCUT2D eigenvalue weighted by atomic mass is 10.3. The Morgan fingerprint density at radius 3 is 1.83 bits per heavy atom. The zero-order chi connectivity index (χ0) is 14.3. The van der Waals surface area contributed by atoms with Crippen molar-refractivity contribution in [3.63, 3.8) is 0 Å². The van der Waals surface area contributed by atoms with E-state index in [1.54, 1.807) is 0 Å². The lowest BCUT2D eigenvalue weighted by Crippen LogP contribution is -2.16. The molecule has 0 rings (SSSR count). The van der Waals surface area contributed by atoms with Crippen LogP contribution >= 0.6 is 0 Å². The van der Waals surface area contributed by atoms with E-state index >= 15 is 0 Å². The molecule has 98 valence electrons. The fraction of sp³-hybridized carbons (Fsp3) is 0.333. The zero-order valence-corrected chi connectivity index (χ0v) is 10.4. The van der Waals surface area contributed by atoms with Crippen LogP contribution in [-0.4, -0.2) is 23.8 Å². The molecule has 0 aromatic rings. The van der Waals surface area contributed by atoms with Crippen molar-refractivity contribution in [2.75, 3.05) is 0 Å².